The molecule has 0 radical (unpaired) electrons. The minimum Gasteiger partial charge on any atom is -0.432 e. The number of hydrogen-bond acceptors (Lipinski definition) is 6. The van der Waals surface area contributed by atoms with Gasteiger partial charge in [-0.3, -0.25) is 9.59 Å². The van der Waals surface area contributed by atoms with E-state index in [0.29, 0.717) is 33.8 Å². The Labute approximate surface area is 243 Å². The van der Waals surface area contributed by atoms with Crippen molar-refractivity contribution in [3.8, 4) is 5.69 Å². The lowest BCUT2D eigenvalue weighted by Gasteiger charge is -2.32. The van der Waals surface area contributed by atoms with Gasteiger partial charge in [0.25, 0.3) is 11.5 Å². The van der Waals surface area contributed by atoms with E-state index in [2.05, 4.69) is 5.10 Å². The van der Waals surface area contributed by atoms with Crippen LogP contribution < -0.4 is 10.5 Å². The third-order valence-corrected chi connectivity index (χ3v) is 11.3. The van der Waals surface area contributed by atoms with Gasteiger partial charge in [0.05, 0.1) is 35.6 Å². The molecule has 1 aromatic heterocycles. The highest BCUT2D eigenvalue weighted by atomic mass is 35.5. The Hall–Kier alpha value is -3.34. The molecule has 3 aromatic carbocycles. The fourth-order valence-corrected chi connectivity index (χ4v) is 9.62. The van der Waals surface area contributed by atoms with Gasteiger partial charge in [-0.2, -0.15) is 9.78 Å². The van der Waals surface area contributed by atoms with E-state index in [4.69, 9.17) is 16.3 Å². The van der Waals surface area contributed by atoms with Gasteiger partial charge in [0.1, 0.15) is 0 Å². The van der Waals surface area contributed by atoms with Crippen molar-refractivity contribution in [1.82, 2.24) is 9.78 Å². The summed E-state index contributed by atoms with van der Waals surface area (Å²) < 4.78 is 7.99. The lowest BCUT2D eigenvalue weighted by atomic mass is 9.82. The number of rotatable bonds is 6. The van der Waals surface area contributed by atoms with Gasteiger partial charge < -0.3 is 19.5 Å². The first kappa shape index (κ1) is 27.8. The molecule has 4 atom stereocenters. The Morgan fingerprint density at radius 3 is 2.61 bits per heavy atom. The molecule has 41 heavy (non-hydrogen) atoms. The fraction of sp³-hybridized carbons (Fsp3) is 0.323. The summed E-state index contributed by atoms with van der Waals surface area (Å²) in [5.41, 5.74) is 0.958. The lowest BCUT2D eigenvalue weighted by Crippen LogP contribution is -2.46. The lowest BCUT2D eigenvalue weighted by molar-refractivity contribution is -0.146. The number of aliphatic hydroxyl groups is 1. The molecule has 2 N–H and O–H groups in total. The van der Waals surface area contributed by atoms with Crippen LogP contribution in [0.25, 0.3) is 16.5 Å². The van der Waals surface area contributed by atoms with Gasteiger partial charge in [-0.25, -0.2) is 0 Å². The number of amides is 1. The fourth-order valence-electron chi connectivity index (χ4n) is 6.85. The van der Waals surface area contributed by atoms with Gasteiger partial charge in [-0.15, -0.1) is 0 Å². The van der Waals surface area contributed by atoms with Crippen molar-refractivity contribution in [2.45, 2.75) is 50.2 Å². The maximum Gasteiger partial charge on any atom is 0.279 e. The molecule has 3 heterocycles. The monoisotopic (exact) mass is 589 g/mol. The summed E-state index contributed by atoms with van der Waals surface area (Å²) in [5, 5.41) is 16.0. The van der Waals surface area contributed by atoms with E-state index < -0.39 is 20.0 Å². The van der Waals surface area contributed by atoms with Crippen molar-refractivity contribution >= 4 is 42.3 Å². The molecular formula is C31H32ClN3O5Si. The topological polar surface area (TPSA) is 105 Å². The minimum atomic E-state index is -2.79. The van der Waals surface area contributed by atoms with E-state index in [0.717, 1.165) is 10.9 Å². The second-order valence-electron chi connectivity index (χ2n) is 11.5. The number of nitrogens with zero attached hydrogens (tertiary/aromatic N) is 3. The van der Waals surface area contributed by atoms with Crippen LogP contribution in [0, 0.1) is 5.92 Å². The highest BCUT2D eigenvalue weighted by Gasteiger charge is 2.66. The highest BCUT2D eigenvalue weighted by Crippen LogP contribution is 2.60. The van der Waals surface area contributed by atoms with Crippen LogP contribution in [0.3, 0.4) is 0 Å². The van der Waals surface area contributed by atoms with E-state index in [-0.39, 0.29) is 36.1 Å². The van der Waals surface area contributed by atoms with Gasteiger partial charge >= 0.3 is 0 Å². The van der Waals surface area contributed by atoms with Crippen LogP contribution in [0.4, 0.5) is 5.69 Å². The molecule has 0 bridgehead atoms. The number of aromatic nitrogens is 2. The molecule has 0 aliphatic carbocycles. The number of hydrogen-bond donors (Lipinski definition) is 2. The Morgan fingerprint density at radius 2 is 1.85 bits per heavy atom. The normalized spacial score (nSPS) is 24.0. The first-order valence-electron chi connectivity index (χ1n) is 13.8. The van der Waals surface area contributed by atoms with Gasteiger partial charge in [0, 0.05) is 34.0 Å². The Bertz CT molecular complexity index is 1720. The second-order valence-corrected chi connectivity index (χ2v) is 16.0. The molecule has 0 saturated carbocycles. The smallest absolute Gasteiger partial charge is 0.279 e. The molecule has 1 amide bonds. The summed E-state index contributed by atoms with van der Waals surface area (Å²) >= 11 is 6.45. The number of anilines is 1. The predicted octanol–water partition coefficient (Wildman–Crippen LogP) is 4.77. The summed E-state index contributed by atoms with van der Waals surface area (Å²) in [4.78, 5) is 40.6. The number of carbonyl (C=O) groups excluding carboxylic acids is 1. The van der Waals surface area contributed by atoms with Crippen LogP contribution >= 0.6 is 11.6 Å². The van der Waals surface area contributed by atoms with Crippen molar-refractivity contribution < 1.29 is 19.4 Å². The van der Waals surface area contributed by atoms with Gasteiger partial charge in [-0.1, -0.05) is 48.9 Å². The summed E-state index contributed by atoms with van der Waals surface area (Å²) in [7, 11) is -2.79. The average Bonchev–Trinajstić information content (AvgIpc) is 3.36. The summed E-state index contributed by atoms with van der Waals surface area (Å²) in [6.45, 7) is 5.79. The average molecular weight is 590 g/mol. The zero-order valence-electron chi connectivity index (χ0n) is 23.1. The third kappa shape index (κ3) is 4.43. The van der Waals surface area contributed by atoms with Crippen molar-refractivity contribution in [2.75, 3.05) is 11.5 Å². The zero-order chi connectivity index (χ0) is 29.1. The molecule has 0 unspecified atom stereocenters. The standard InChI is InChI=1S/C31H32ClN3O5Si/c1-19-28(41(2,3)39)27(13-14-36)40-31(19)25-16-22(32)11-12-26(25)34(30(31)38)18-20-7-6-9-23(15-20)35-29(37)24-10-5-4-8-21(24)17-33-35/h4-12,15-17,19,27-28,36,39H,13-14,18H2,1-3H3/t19-,27+,28-,31+/m1/s1. The first-order valence-corrected chi connectivity index (χ1v) is 17.2. The third-order valence-electron chi connectivity index (χ3n) is 8.55. The van der Waals surface area contributed by atoms with Crippen LogP contribution in [0.1, 0.15) is 24.5 Å². The number of benzene rings is 3. The molecule has 1 saturated heterocycles. The van der Waals surface area contributed by atoms with E-state index >= 15 is 0 Å². The number of ether oxygens (including phenoxy) is 1. The predicted molar refractivity (Wildman–Crippen MR) is 161 cm³/mol. The Kier molecular flexibility index (Phi) is 6.91. The summed E-state index contributed by atoms with van der Waals surface area (Å²) in [6, 6.07) is 20.1. The maximum absolute atomic E-state index is 14.5. The van der Waals surface area contributed by atoms with Crippen LogP contribution in [0.15, 0.2) is 77.7 Å². The molecule has 1 spiro atoms. The largest absolute Gasteiger partial charge is 0.432 e. The number of aliphatic hydroxyl groups excluding tert-OH is 1. The van der Waals surface area contributed by atoms with Crippen LogP contribution in [-0.4, -0.2) is 46.6 Å². The Morgan fingerprint density at radius 1 is 1.07 bits per heavy atom. The highest BCUT2D eigenvalue weighted by molar-refractivity contribution is 6.71. The molecule has 212 valence electrons. The molecule has 6 rings (SSSR count). The van der Waals surface area contributed by atoms with Crippen molar-refractivity contribution in [3.63, 3.8) is 0 Å². The van der Waals surface area contributed by atoms with Gasteiger partial charge in [-0.05, 0) is 61.5 Å². The molecule has 4 aromatic rings. The van der Waals surface area contributed by atoms with Gasteiger partial charge in [0.2, 0.25) is 0 Å². The van der Waals surface area contributed by atoms with Crippen LogP contribution in [-0.2, 0) is 21.7 Å². The van der Waals surface area contributed by atoms with E-state index in [1.165, 1.54) is 4.68 Å². The van der Waals surface area contributed by atoms with Crippen molar-refractivity contribution in [3.05, 3.63) is 99.4 Å². The molecule has 2 aliphatic rings. The number of fused-ring (bicyclic) bond motifs is 3. The van der Waals surface area contributed by atoms with Crippen molar-refractivity contribution in [2.24, 2.45) is 5.92 Å². The SMILES string of the molecule is C[C@@H]1[C@@H]([Si](C)(C)O)[C@H](CCO)O[C@@]12C(=O)N(Cc1cccc(-n3ncc4ccccc4c3=O)c1)c1ccc(Cl)cc12. The summed E-state index contributed by atoms with van der Waals surface area (Å²) in [5.74, 6) is -0.565. The van der Waals surface area contributed by atoms with E-state index in [1.807, 2.05) is 68.5 Å². The molecule has 10 heteroatoms. The molecule has 1 fully saturated rings. The second kappa shape index (κ2) is 10.2. The molecule has 2 aliphatic heterocycles. The quantitative estimate of drug-likeness (QED) is 0.314. The Balaban J connectivity index is 1.40. The summed E-state index contributed by atoms with van der Waals surface area (Å²) in [6.07, 6.45) is 1.53. The first-order chi connectivity index (χ1) is 19.6. The van der Waals surface area contributed by atoms with Crippen LogP contribution in [0.2, 0.25) is 23.7 Å². The minimum absolute atomic E-state index is 0.107. The number of halogens is 1. The van der Waals surface area contributed by atoms with Crippen molar-refractivity contribution in [1.29, 1.82) is 0 Å². The van der Waals surface area contributed by atoms with E-state index in [9.17, 15) is 19.5 Å². The van der Waals surface area contributed by atoms with E-state index in [1.54, 1.807) is 29.3 Å². The molecular weight excluding hydrogens is 558 g/mol. The van der Waals surface area contributed by atoms with Gasteiger partial charge in [0.15, 0.2) is 13.9 Å². The maximum atomic E-state index is 14.5. The van der Waals surface area contributed by atoms with Crippen LogP contribution in [0.5, 0.6) is 0 Å². The number of carbonyl (C=O) groups is 1. The zero-order valence-corrected chi connectivity index (χ0v) is 24.9. The molecule has 8 nitrogen and oxygen atoms in total.